The Balaban J connectivity index is 2.57. The molecule has 0 aromatic heterocycles. The van der Waals surface area contributed by atoms with Crippen molar-refractivity contribution in [2.75, 3.05) is 6.61 Å². The summed E-state index contributed by atoms with van der Waals surface area (Å²) in [5.41, 5.74) is 1.69. The molecule has 3 heteroatoms. The van der Waals surface area contributed by atoms with E-state index in [4.69, 9.17) is 4.74 Å². The Morgan fingerprint density at radius 3 is 2.71 bits per heavy atom. The summed E-state index contributed by atoms with van der Waals surface area (Å²) in [4.78, 5) is 10.9. The van der Waals surface area contributed by atoms with Crippen molar-refractivity contribution >= 4 is 22.2 Å². The van der Waals surface area contributed by atoms with Crippen LogP contribution in [0.15, 0.2) is 16.6 Å². The van der Waals surface area contributed by atoms with Crippen LogP contribution in [0, 0.1) is 6.92 Å². The number of halogens is 1. The van der Waals surface area contributed by atoms with Crippen LogP contribution in [0.5, 0.6) is 5.75 Å². The summed E-state index contributed by atoms with van der Waals surface area (Å²) < 4.78 is 6.60. The molecule has 17 heavy (non-hydrogen) atoms. The van der Waals surface area contributed by atoms with Gasteiger partial charge >= 0.3 is 0 Å². The maximum Gasteiger partial charge on any atom is 0.153 e. The Morgan fingerprint density at radius 1 is 1.29 bits per heavy atom. The Morgan fingerprint density at radius 2 is 2.06 bits per heavy atom. The molecule has 0 aliphatic rings. The minimum atomic E-state index is 0.609. The fourth-order valence-electron chi connectivity index (χ4n) is 1.60. The molecule has 1 aromatic rings. The first-order chi connectivity index (χ1) is 8.19. The smallest absolute Gasteiger partial charge is 0.153 e. The number of ether oxygens (including phenoxy) is 1. The van der Waals surface area contributed by atoms with Crippen molar-refractivity contribution in [3.63, 3.8) is 0 Å². The normalized spacial score (nSPS) is 10.3. The lowest BCUT2D eigenvalue weighted by atomic mass is 10.1. The lowest BCUT2D eigenvalue weighted by Crippen LogP contribution is -2.00. The van der Waals surface area contributed by atoms with Crippen LogP contribution in [0.1, 0.15) is 48.5 Å². The standard InChI is InChI=1S/C14H19BrO2/c1-3-4-5-6-7-17-14-8-11(2)13(15)9-12(14)10-16/h8-10H,3-7H2,1-2H3. The first-order valence-electron chi connectivity index (χ1n) is 6.07. The molecular formula is C14H19BrO2. The second kappa shape index (κ2) is 7.49. The second-order valence-electron chi connectivity index (χ2n) is 4.17. The number of rotatable bonds is 7. The van der Waals surface area contributed by atoms with Crippen molar-refractivity contribution in [2.45, 2.75) is 39.5 Å². The van der Waals surface area contributed by atoms with Crippen molar-refractivity contribution in [3.8, 4) is 5.75 Å². The summed E-state index contributed by atoms with van der Waals surface area (Å²) in [6, 6.07) is 3.72. The molecule has 0 aliphatic heterocycles. The molecular weight excluding hydrogens is 280 g/mol. The second-order valence-corrected chi connectivity index (χ2v) is 5.02. The van der Waals surface area contributed by atoms with E-state index in [0.717, 1.165) is 22.7 Å². The number of unbranched alkanes of at least 4 members (excludes halogenated alkanes) is 3. The molecule has 0 heterocycles. The zero-order valence-corrected chi connectivity index (χ0v) is 12.0. The number of aldehydes is 1. The Kier molecular flexibility index (Phi) is 6.27. The molecule has 0 saturated carbocycles. The van der Waals surface area contributed by atoms with E-state index in [1.807, 2.05) is 19.1 Å². The van der Waals surface area contributed by atoms with Gasteiger partial charge in [-0.1, -0.05) is 42.1 Å². The van der Waals surface area contributed by atoms with Crippen LogP contribution in [0.25, 0.3) is 0 Å². The van der Waals surface area contributed by atoms with E-state index >= 15 is 0 Å². The van der Waals surface area contributed by atoms with Crippen LogP contribution in [0.4, 0.5) is 0 Å². The van der Waals surface area contributed by atoms with Crippen LogP contribution in [0.2, 0.25) is 0 Å². The van der Waals surface area contributed by atoms with Crippen molar-refractivity contribution < 1.29 is 9.53 Å². The molecule has 0 radical (unpaired) electrons. The zero-order valence-electron chi connectivity index (χ0n) is 10.5. The molecule has 0 bridgehead atoms. The average Bonchev–Trinajstić information content (AvgIpc) is 2.33. The lowest BCUT2D eigenvalue weighted by molar-refractivity contribution is 0.111. The van der Waals surface area contributed by atoms with Gasteiger partial charge in [-0.3, -0.25) is 4.79 Å². The first kappa shape index (κ1) is 14.2. The summed E-state index contributed by atoms with van der Waals surface area (Å²) in [7, 11) is 0. The Hall–Kier alpha value is -0.830. The lowest BCUT2D eigenvalue weighted by Gasteiger charge is -2.10. The van der Waals surface area contributed by atoms with Crippen molar-refractivity contribution in [1.29, 1.82) is 0 Å². The van der Waals surface area contributed by atoms with E-state index in [-0.39, 0.29) is 0 Å². The highest BCUT2D eigenvalue weighted by Gasteiger charge is 2.06. The van der Waals surface area contributed by atoms with Crippen molar-refractivity contribution in [3.05, 3.63) is 27.7 Å². The zero-order chi connectivity index (χ0) is 12.7. The van der Waals surface area contributed by atoms with E-state index in [0.29, 0.717) is 17.9 Å². The van der Waals surface area contributed by atoms with E-state index in [1.54, 1.807) is 0 Å². The SMILES string of the molecule is CCCCCCOc1cc(C)c(Br)cc1C=O. The quantitative estimate of drug-likeness (QED) is 0.546. The van der Waals surface area contributed by atoms with Crippen LogP contribution in [0.3, 0.4) is 0 Å². The van der Waals surface area contributed by atoms with Crippen LogP contribution < -0.4 is 4.74 Å². The number of hydrogen-bond acceptors (Lipinski definition) is 2. The third-order valence-electron chi connectivity index (χ3n) is 2.67. The van der Waals surface area contributed by atoms with Gasteiger partial charge in [0.15, 0.2) is 6.29 Å². The van der Waals surface area contributed by atoms with Gasteiger partial charge in [0, 0.05) is 4.47 Å². The largest absolute Gasteiger partial charge is 0.493 e. The van der Waals surface area contributed by atoms with Crippen molar-refractivity contribution in [1.82, 2.24) is 0 Å². The Bertz CT molecular complexity index is 375. The van der Waals surface area contributed by atoms with Gasteiger partial charge in [-0.25, -0.2) is 0 Å². The number of benzene rings is 1. The van der Waals surface area contributed by atoms with Crippen LogP contribution in [-0.2, 0) is 0 Å². The average molecular weight is 299 g/mol. The van der Waals surface area contributed by atoms with Gasteiger partial charge in [0.1, 0.15) is 5.75 Å². The molecule has 1 aromatic carbocycles. The van der Waals surface area contributed by atoms with E-state index in [2.05, 4.69) is 22.9 Å². The summed E-state index contributed by atoms with van der Waals surface area (Å²) in [5, 5.41) is 0. The van der Waals surface area contributed by atoms with E-state index in [9.17, 15) is 4.79 Å². The fraction of sp³-hybridized carbons (Fsp3) is 0.500. The van der Waals surface area contributed by atoms with Gasteiger partial charge in [-0.15, -0.1) is 0 Å². The van der Waals surface area contributed by atoms with Crippen LogP contribution >= 0.6 is 15.9 Å². The van der Waals surface area contributed by atoms with Gasteiger partial charge in [0.05, 0.1) is 12.2 Å². The Labute approximate surface area is 111 Å². The highest BCUT2D eigenvalue weighted by molar-refractivity contribution is 9.10. The molecule has 0 spiro atoms. The summed E-state index contributed by atoms with van der Waals surface area (Å²) in [5.74, 6) is 0.692. The number of carbonyl (C=O) groups excluding carboxylic acids is 1. The van der Waals surface area contributed by atoms with Crippen molar-refractivity contribution in [2.24, 2.45) is 0 Å². The molecule has 0 atom stereocenters. The van der Waals surface area contributed by atoms with Gasteiger partial charge < -0.3 is 4.74 Å². The molecule has 0 fully saturated rings. The maximum absolute atomic E-state index is 10.9. The molecule has 0 N–H and O–H groups in total. The van der Waals surface area contributed by atoms with Crippen LogP contribution in [-0.4, -0.2) is 12.9 Å². The predicted molar refractivity (Wildman–Crippen MR) is 73.9 cm³/mol. The fourth-order valence-corrected chi connectivity index (χ4v) is 1.96. The van der Waals surface area contributed by atoms with E-state index < -0.39 is 0 Å². The molecule has 94 valence electrons. The molecule has 0 aliphatic carbocycles. The molecule has 0 amide bonds. The summed E-state index contributed by atoms with van der Waals surface area (Å²) in [6.07, 6.45) is 5.52. The van der Waals surface area contributed by atoms with Gasteiger partial charge in [0.2, 0.25) is 0 Å². The highest BCUT2D eigenvalue weighted by atomic mass is 79.9. The molecule has 2 nitrogen and oxygen atoms in total. The minimum Gasteiger partial charge on any atom is -0.493 e. The van der Waals surface area contributed by atoms with Gasteiger partial charge in [-0.05, 0) is 31.0 Å². The minimum absolute atomic E-state index is 0.609. The summed E-state index contributed by atoms with van der Waals surface area (Å²) >= 11 is 3.41. The van der Waals surface area contributed by atoms with E-state index in [1.165, 1.54) is 19.3 Å². The number of hydrogen-bond donors (Lipinski definition) is 0. The maximum atomic E-state index is 10.9. The molecule has 0 unspecified atom stereocenters. The van der Waals surface area contributed by atoms with Gasteiger partial charge in [0.25, 0.3) is 0 Å². The third-order valence-corrected chi connectivity index (χ3v) is 3.53. The molecule has 0 saturated heterocycles. The number of aryl methyl sites for hydroxylation is 1. The third kappa shape index (κ3) is 4.50. The molecule has 1 rings (SSSR count). The first-order valence-corrected chi connectivity index (χ1v) is 6.86. The summed E-state index contributed by atoms with van der Waals surface area (Å²) in [6.45, 7) is 4.86. The highest BCUT2D eigenvalue weighted by Crippen LogP contribution is 2.26. The monoisotopic (exact) mass is 298 g/mol. The topological polar surface area (TPSA) is 26.3 Å². The van der Waals surface area contributed by atoms with Gasteiger partial charge in [-0.2, -0.15) is 0 Å². The predicted octanol–water partition coefficient (Wildman–Crippen LogP) is 4.53. The number of carbonyl (C=O) groups is 1.